The minimum absolute atomic E-state index is 0.242. The van der Waals surface area contributed by atoms with Gasteiger partial charge in [0.05, 0.1) is 19.3 Å². The van der Waals surface area contributed by atoms with Crippen LogP contribution in [0, 0.1) is 0 Å². The van der Waals surface area contributed by atoms with Crippen LogP contribution >= 0.6 is 0 Å². The zero-order valence-corrected chi connectivity index (χ0v) is 6.79. The highest BCUT2D eigenvalue weighted by Gasteiger charge is 2.16. The van der Waals surface area contributed by atoms with Gasteiger partial charge in [0.25, 0.3) is 0 Å². The monoisotopic (exact) mass is 156 g/mol. The smallest absolute Gasteiger partial charge is 0.333 e. The molecule has 0 aromatic carbocycles. The van der Waals surface area contributed by atoms with E-state index < -0.39 is 0 Å². The van der Waals surface area contributed by atoms with Crippen molar-refractivity contribution in [1.29, 1.82) is 0 Å². The first-order chi connectivity index (χ1) is 5.22. The van der Waals surface area contributed by atoms with Gasteiger partial charge in [-0.3, -0.25) is 0 Å². The van der Waals surface area contributed by atoms with Gasteiger partial charge in [-0.15, -0.1) is 0 Å². The van der Waals surface area contributed by atoms with Gasteiger partial charge in [0.2, 0.25) is 0 Å². The predicted molar refractivity (Wildman–Crippen MR) is 39.9 cm³/mol. The second-order valence-electron chi connectivity index (χ2n) is 2.60. The van der Waals surface area contributed by atoms with Gasteiger partial charge in [0.15, 0.2) is 0 Å². The highest BCUT2D eigenvalue weighted by atomic mass is 16.5. The summed E-state index contributed by atoms with van der Waals surface area (Å²) >= 11 is 0. The fourth-order valence-corrected chi connectivity index (χ4v) is 1.02. The van der Waals surface area contributed by atoms with Crippen molar-refractivity contribution in [2.45, 2.75) is 25.9 Å². The van der Waals surface area contributed by atoms with Gasteiger partial charge in [-0.05, 0) is 13.3 Å². The maximum atomic E-state index is 10.7. The number of hydrogen-bond donors (Lipinski definition) is 0. The molecular weight excluding hydrogens is 144 g/mol. The third kappa shape index (κ3) is 2.26. The van der Waals surface area contributed by atoms with E-state index in [0.717, 1.165) is 18.6 Å². The average molecular weight is 156 g/mol. The number of ether oxygens (including phenoxy) is 2. The van der Waals surface area contributed by atoms with E-state index in [9.17, 15) is 4.79 Å². The summed E-state index contributed by atoms with van der Waals surface area (Å²) in [6, 6.07) is 0. The molecule has 0 bridgehead atoms. The first kappa shape index (κ1) is 8.11. The largest absolute Gasteiger partial charge is 0.495 e. The van der Waals surface area contributed by atoms with E-state index in [1.807, 2.05) is 6.92 Å². The molecule has 1 unspecified atom stereocenters. The van der Waals surface area contributed by atoms with E-state index in [0.29, 0.717) is 0 Å². The molecule has 1 atom stereocenters. The molecule has 1 aliphatic rings. The third-order valence-electron chi connectivity index (χ3n) is 1.63. The number of hydrogen-bond acceptors (Lipinski definition) is 3. The van der Waals surface area contributed by atoms with Crippen LogP contribution in [-0.2, 0) is 14.3 Å². The van der Waals surface area contributed by atoms with Crippen LogP contribution in [0.3, 0.4) is 0 Å². The van der Waals surface area contributed by atoms with Crippen LogP contribution in [0.25, 0.3) is 0 Å². The van der Waals surface area contributed by atoms with Crippen molar-refractivity contribution in [2.75, 3.05) is 7.11 Å². The average Bonchev–Trinajstić information content (AvgIpc) is 2.35. The number of carbonyl (C=O) groups excluding carboxylic acids is 1. The molecule has 3 heteroatoms. The van der Waals surface area contributed by atoms with Gasteiger partial charge in [-0.25, -0.2) is 4.79 Å². The fraction of sp³-hybridized carbons (Fsp3) is 0.625. The van der Waals surface area contributed by atoms with Crippen LogP contribution < -0.4 is 0 Å². The van der Waals surface area contributed by atoms with E-state index in [2.05, 4.69) is 4.74 Å². The first-order valence-electron chi connectivity index (χ1n) is 3.67. The standard InChI is InChI=1S/C8H12O3/c1-6-3-4-7(11-6)5-8(9)10-2/h5-6H,3-4H2,1-2H3/b7-5-. The zero-order chi connectivity index (χ0) is 8.27. The van der Waals surface area contributed by atoms with Gasteiger partial charge in [0.1, 0.15) is 5.76 Å². The molecule has 0 aromatic heterocycles. The molecule has 1 rings (SSSR count). The fourth-order valence-electron chi connectivity index (χ4n) is 1.02. The lowest BCUT2D eigenvalue weighted by Gasteiger charge is -2.01. The normalized spacial score (nSPS) is 26.7. The Morgan fingerprint density at radius 3 is 3.00 bits per heavy atom. The van der Waals surface area contributed by atoms with Crippen molar-refractivity contribution >= 4 is 5.97 Å². The van der Waals surface area contributed by atoms with Gasteiger partial charge >= 0.3 is 5.97 Å². The van der Waals surface area contributed by atoms with Crippen molar-refractivity contribution in [3.63, 3.8) is 0 Å². The summed E-state index contributed by atoms with van der Waals surface area (Å²) in [5.41, 5.74) is 0. The summed E-state index contributed by atoms with van der Waals surface area (Å²) in [4.78, 5) is 10.7. The second kappa shape index (κ2) is 3.42. The molecule has 1 saturated heterocycles. The number of rotatable bonds is 1. The molecule has 0 aromatic rings. The van der Waals surface area contributed by atoms with Crippen LogP contribution in [0.15, 0.2) is 11.8 Å². The Morgan fingerprint density at radius 1 is 1.82 bits per heavy atom. The molecule has 0 aliphatic carbocycles. The lowest BCUT2D eigenvalue weighted by molar-refractivity contribution is -0.135. The van der Waals surface area contributed by atoms with E-state index in [1.54, 1.807) is 0 Å². The highest BCUT2D eigenvalue weighted by molar-refractivity contribution is 5.82. The molecule has 0 amide bonds. The molecule has 1 heterocycles. The minimum Gasteiger partial charge on any atom is -0.495 e. The number of esters is 1. The summed E-state index contributed by atoms with van der Waals surface area (Å²) in [6.45, 7) is 1.98. The molecular formula is C8H12O3. The zero-order valence-electron chi connectivity index (χ0n) is 6.79. The maximum absolute atomic E-state index is 10.7. The lowest BCUT2D eigenvalue weighted by Crippen LogP contribution is -1.98. The maximum Gasteiger partial charge on any atom is 0.333 e. The van der Waals surface area contributed by atoms with Gasteiger partial charge in [0, 0.05) is 6.42 Å². The summed E-state index contributed by atoms with van der Waals surface area (Å²) in [5.74, 6) is 0.401. The van der Waals surface area contributed by atoms with E-state index in [1.165, 1.54) is 13.2 Å². The quantitative estimate of drug-likeness (QED) is 0.423. The Balaban J connectivity index is 2.48. The number of carbonyl (C=O) groups is 1. The topological polar surface area (TPSA) is 35.5 Å². The van der Waals surface area contributed by atoms with Crippen molar-refractivity contribution in [3.8, 4) is 0 Å². The van der Waals surface area contributed by atoms with Crippen LogP contribution in [0.5, 0.6) is 0 Å². The summed E-state index contributed by atoms with van der Waals surface area (Å²) in [7, 11) is 1.36. The number of methoxy groups -OCH3 is 1. The first-order valence-corrected chi connectivity index (χ1v) is 3.67. The van der Waals surface area contributed by atoms with Crippen molar-refractivity contribution < 1.29 is 14.3 Å². The molecule has 1 aliphatic heterocycles. The van der Waals surface area contributed by atoms with E-state index in [-0.39, 0.29) is 12.1 Å². The molecule has 0 radical (unpaired) electrons. The Hall–Kier alpha value is -0.990. The summed E-state index contributed by atoms with van der Waals surface area (Å²) < 4.78 is 9.75. The minimum atomic E-state index is -0.339. The van der Waals surface area contributed by atoms with Crippen LogP contribution in [0.1, 0.15) is 19.8 Å². The van der Waals surface area contributed by atoms with E-state index >= 15 is 0 Å². The number of allylic oxidation sites excluding steroid dienone is 1. The van der Waals surface area contributed by atoms with E-state index in [4.69, 9.17) is 4.74 Å². The molecule has 0 N–H and O–H groups in total. The molecule has 1 fully saturated rings. The van der Waals surface area contributed by atoms with Crippen molar-refractivity contribution in [3.05, 3.63) is 11.8 Å². The Morgan fingerprint density at radius 2 is 2.55 bits per heavy atom. The SMILES string of the molecule is COC(=O)/C=C1/CCC(C)O1. The van der Waals surface area contributed by atoms with Crippen LogP contribution in [-0.4, -0.2) is 19.2 Å². The van der Waals surface area contributed by atoms with Crippen LogP contribution in [0.4, 0.5) is 0 Å². The Labute approximate surface area is 66.0 Å². The Bertz CT molecular complexity index is 184. The predicted octanol–water partition coefficient (Wildman–Crippen LogP) is 1.24. The molecule has 3 nitrogen and oxygen atoms in total. The molecule has 0 saturated carbocycles. The summed E-state index contributed by atoms with van der Waals surface area (Å²) in [5, 5.41) is 0. The third-order valence-corrected chi connectivity index (χ3v) is 1.63. The van der Waals surface area contributed by atoms with Crippen LogP contribution in [0.2, 0.25) is 0 Å². The lowest BCUT2D eigenvalue weighted by atomic mass is 10.2. The van der Waals surface area contributed by atoms with Gasteiger partial charge in [-0.2, -0.15) is 0 Å². The van der Waals surface area contributed by atoms with Gasteiger partial charge in [-0.1, -0.05) is 0 Å². The molecule has 62 valence electrons. The molecule has 11 heavy (non-hydrogen) atoms. The van der Waals surface area contributed by atoms with Crippen molar-refractivity contribution in [2.24, 2.45) is 0 Å². The second-order valence-corrected chi connectivity index (χ2v) is 2.60. The molecule has 0 spiro atoms. The van der Waals surface area contributed by atoms with Crippen molar-refractivity contribution in [1.82, 2.24) is 0 Å². The Kier molecular flexibility index (Phi) is 2.52. The van der Waals surface area contributed by atoms with Gasteiger partial charge < -0.3 is 9.47 Å². The highest BCUT2D eigenvalue weighted by Crippen LogP contribution is 2.21. The summed E-state index contributed by atoms with van der Waals surface area (Å²) in [6.07, 6.45) is 3.48.